The minimum absolute atomic E-state index is 0.0943. The van der Waals surface area contributed by atoms with Gasteiger partial charge in [0.05, 0.1) is 17.6 Å². The maximum Gasteiger partial charge on any atom is 0.338 e. The zero-order valence-electron chi connectivity index (χ0n) is 15.6. The predicted octanol–water partition coefficient (Wildman–Crippen LogP) is 3.13. The normalized spacial score (nSPS) is 14.6. The minimum atomic E-state index is -0.666. The summed E-state index contributed by atoms with van der Waals surface area (Å²) in [4.78, 5) is 38.6. The number of hydrogen-bond acceptors (Lipinski definition) is 4. The molecule has 0 aromatic heterocycles. The van der Waals surface area contributed by atoms with Gasteiger partial charge >= 0.3 is 5.97 Å². The van der Waals surface area contributed by atoms with E-state index in [9.17, 15) is 14.4 Å². The van der Waals surface area contributed by atoms with Crippen LogP contribution in [0.1, 0.15) is 36.7 Å². The summed E-state index contributed by atoms with van der Waals surface area (Å²) in [5.41, 5.74) is 1.83. The second kappa shape index (κ2) is 7.23. The van der Waals surface area contributed by atoms with Crippen LogP contribution in [0, 0.1) is 0 Å². The van der Waals surface area contributed by atoms with Gasteiger partial charge in [0.2, 0.25) is 11.8 Å². The van der Waals surface area contributed by atoms with Gasteiger partial charge in [-0.1, -0.05) is 24.3 Å². The molecule has 0 spiro atoms. The van der Waals surface area contributed by atoms with Crippen molar-refractivity contribution >= 4 is 29.2 Å². The summed E-state index contributed by atoms with van der Waals surface area (Å²) in [6, 6.07) is 14.0. The molecule has 2 amide bonds. The molecule has 2 aromatic carbocycles. The lowest BCUT2D eigenvalue weighted by Gasteiger charge is -2.20. The first-order chi connectivity index (χ1) is 12.8. The van der Waals surface area contributed by atoms with E-state index in [0.29, 0.717) is 11.3 Å². The molecule has 0 unspecified atom stereocenters. The second-order valence-electron chi connectivity index (χ2n) is 6.88. The zero-order chi connectivity index (χ0) is 19.6. The van der Waals surface area contributed by atoms with Gasteiger partial charge in [-0.2, -0.15) is 0 Å². The molecule has 1 aliphatic heterocycles. The van der Waals surface area contributed by atoms with Gasteiger partial charge in [-0.15, -0.1) is 0 Å². The topological polar surface area (TPSA) is 75.7 Å². The van der Waals surface area contributed by atoms with Crippen LogP contribution in [0.2, 0.25) is 0 Å². The fraction of sp³-hybridized carbons (Fsp3) is 0.286. The van der Waals surface area contributed by atoms with E-state index in [1.54, 1.807) is 31.2 Å². The number of ether oxygens (including phenoxy) is 1. The fourth-order valence-corrected chi connectivity index (χ4v) is 3.24. The van der Waals surface area contributed by atoms with E-state index in [0.717, 1.165) is 11.3 Å². The quantitative estimate of drug-likeness (QED) is 0.825. The number of carbonyl (C=O) groups excluding carboxylic acids is 3. The van der Waals surface area contributed by atoms with E-state index in [1.165, 1.54) is 4.90 Å². The van der Waals surface area contributed by atoms with Crippen molar-refractivity contribution in [2.45, 2.75) is 26.2 Å². The van der Waals surface area contributed by atoms with E-state index in [4.69, 9.17) is 4.74 Å². The fourth-order valence-electron chi connectivity index (χ4n) is 3.24. The van der Waals surface area contributed by atoms with Crippen molar-refractivity contribution in [3.63, 3.8) is 0 Å². The lowest BCUT2D eigenvalue weighted by Crippen LogP contribution is -2.40. The molecule has 0 aliphatic carbocycles. The zero-order valence-corrected chi connectivity index (χ0v) is 15.6. The van der Waals surface area contributed by atoms with Gasteiger partial charge in [0, 0.05) is 11.4 Å². The van der Waals surface area contributed by atoms with Crippen LogP contribution in [0.15, 0.2) is 48.5 Å². The summed E-state index contributed by atoms with van der Waals surface area (Å²) < 4.78 is 4.97. The third kappa shape index (κ3) is 3.56. The Morgan fingerprint density at radius 1 is 1.11 bits per heavy atom. The third-order valence-corrected chi connectivity index (χ3v) is 4.61. The molecule has 1 aliphatic rings. The molecular weight excluding hydrogens is 344 g/mol. The number of nitrogens with zero attached hydrogens (tertiary/aromatic N) is 1. The van der Waals surface area contributed by atoms with Crippen LogP contribution in [0.25, 0.3) is 0 Å². The molecular formula is C21H22N2O4. The van der Waals surface area contributed by atoms with Gasteiger partial charge in [0.1, 0.15) is 6.54 Å². The number of rotatable bonds is 5. The second-order valence-corrected chi connectivity index (χ2v) is 6.88. The molecule has 1 heterocycles. The van der Waals surface area contributed by atoms with Crippen LogP contribution in [-0.2, 0) is 19.7 Å². The molecule has 1 N–H and O–H groups in total. The molecule has 0 radical (unpaired) electrons. The number of fused-ring (bicyclic) bond motifs is 1. The Hall–Kier alpha value is -3.15. The lowest BCUT2D eigenvalue weighted by atomic mass is 9.86. The number of nitrogens with one attached hydrogen (secondary N) is 1. The molecule has 0 saturated carbocycles. The Kier molecular flexibility index (Phi) is 4.99. The Labute approximate surface area is 158 Å². The largest absolute Gasteiger partial charge is 0.462 e. The maximum atomic E-state index is 12.8. The van der Waals surface area contributed by atoms with Crippen molar-refractivity contribution in [1.29, 1.82) is 0 Å². The third-order valence-electron chi connectivity index (χ3n) is 4.61. The number of anilines is 2. The first-order valence-corrected chi connectivity index (χ1v) is 8.83. The van der Waals surface area contributed by atoms with Gasteiger partial charge < -0.3 is 15.0 Å². The van der Waals surface area contributed by atoms with Crippen LogP contribution in [0.5, 0.6) is 0 Å². The van der Waals surface area contributed by atoms with Crippen LogP contribution < -0.4 is 10.2 Å². The summed E-state index contributed by atoms with van der Waals surface area (Å²) in [5, 5.41) is 2.74. The Bertz CT molecular complexity index is 905. The Balaban J connectivity index is 1.75. The smallest absolute Gasteiger partial charge is 0.338 e. The van der Waals surface area contributed by atoms with Crippen LogP contribution in [0.3, 0.4) is 0 Å². The van der Waals surface area contributed by atoms with Crippen molar-refractivity contribution in [2.75, 3.05) is 23.4 Å². The number of carbonyl (C=O) groups is 3. The monoisotopic (exact) mass is 366 g/mol. The van der Waals surface area contributed by atoms with Gasteiger partial charge in [0.25, 0.3) is 0 Å². The van der Waals surface area contributed by atoms with Crippen molar-refractivity contribution in [3.05, 3.63) is 59.7 Å². The van der Waals surface area contributed by atoms with Crippen LogP contribution in [-0.4, -0.2) is 30.9 Å². The number of hydrogen-bond donors (Lipinski definition) is 1. The molecule has 6 nitrogen and oxygen atoms in total. The first-order valence-electron chi connectivity index (χ1n) is 8.83. The number of amides is 2. The van der Waals surface area contributed by atoms with Crippen LogP contribution in [0.4, 0.5) is 11.4 Å². The van der Waals surface area contributed by atoms with Gasteiger partial charge in [-0.3, -0.25) is 9.59 Å². The Morgan fingerprint density at radius 3 is 2.59 bits per heavy atom. The highest BCUT2D eigenvalue weighted by Crippen LogP contribution is 2.41. The Morgan fingerprint density at radius 2 is 1.85 bits per heavy atom. The van der Waals surface area contributed by atoms with E-state index >= 15 is 0 Å². The molecule has 140 valence electrons. The minimum Gasteiger partial charge on any atom is -0.462 e. The number of esters is 1. The molecule has 6 heteroatoms. The van der Waals surface area contributed by atoms with Gasteiger partial charge in [-0.25, -0.2) is 4.79 Å². The number of para-hydroxylation sites is 1. The SMILES string of the molecule is CCOC(=O)c1cccc(NC(=O)CN2C(=O)C(C)(C)c3ccccc32)c1. The average Bonchev–Trinajstić information content (AvgIpc) is 2.83. The van der Waals surface area contributed by atoms with Crippen molar-refractivity contribution in [3.8, 4) is 0 Å². The van der Waals surface area contributed by atoms with Crippen molar-refractivity contribution in [1.82, 2.24) is 0 Å². The van der Waals surface area contributed by atoms with Gasteiger partial charge in [0.15, 0.2) is 0 Å². The molecule has 0 saturated heterocycles. The van der Waals surface area contributed by atoms with E-state index in [1.807, 2.05) is 38.1 Å². The molecule has 0 atom stereocenters. The van der Waals surface area contributed by atoms with Crippen molar-refractivity contribution < 1.29 is 19.1 Å². The standard InChI is InChI=1S/C21H22N2O4/c1-4-27-19(25)14-8-7-9-15(12-14)22-18(24)13-23-17-11-6-5-10-16(17)21(2,3)20(23)26/h5-12H,4,13H2,1-3H3,(H,22,24). The highest BCUT2D eigenvalue weighted by molar-refractivity contribution is 6.11. The average molecular weight is 366 g/mol. The summed E-state index contributed by atoms with van der Waals surface area (Å²) in [6.45, 7) is 5.63. The van der Waals surface area contributed by atoms with E-state index in [2.05, 4.69) is 5.32 Å². The molecule has 3 rings (SSSR count). The summed E-state index contributed by atoms with van der Waals surface area (Å²) >= 11 is 0. The van der Waals surface area contributed by atoms with E-state index in [-0.39, 0.29) is 25.0 Å². The van der Waals surface area contributed by atoms with Gasteiger partial charge in [-0.05, 0) is 50.6 Å². The first kappa shape index (κ1) is 18.6. The van der Waals surface area contributed by atoms with Crippen molar-refractivity contribution in [2.24, 2.45) is 0 Å². The highest BCUT2D eigenvalue weighted by atomic mass is 16.5. The molecule has 27 heavy (non-hydrogen) atoms. The molecule has 2 aromatic rings. The predicted molar refractivity (Wildman–Crippen MR) is 103 cm³/mol. The number of benzene rings is 2. The van der Waals surface area contributed by atoms with Crippen LogP contribution >= 0.6 is 0 Å². The maximum absolute atomic E-state index is 12.8. The summed E-state index contributed by atoms with van der Waals surface area (Å²) in [7, 11) is 0. The van der Waals surface area contributed by atoms with E-state index < -0.39 is 11.4 Å². The molecule has 0 fully saturated rings. The summed E-state index contributed by atoms with van der Waals surface area (Å²) in [6.07, 6.45) is 0. The molecule has 0 bridgehead atoms. The highest BCUT2D eigenvalue weighted by Gasteiger charge is 2.44. The summed E-state index contributed by atoms with van der Waals surface area (Å²) in [5.74, 6) is -0.894. The lowest BCUT2D eigenvalue weighted by molar-refractivity contribution is -0.124.